The van der Waals surface area contributed by atoms with Crippen LogP contribution in [0.25, 0.3) is 0 Å². The maximum absolute atomic E-state index is 13.3. The standard InChI is InChI=1S/C29H40N4O2.2ClH/c1-3-24(4-2)27(34)31-26(25-10-6-5-7-11-25)12-17-32-18-13-29(14-19-32)15-20-33(28(29)35)22-23-9-8-16-30-21-23;;/h5-11,16,21,24,26H,3-4,12-15,17-20,22H2,1-2H3,(H,31,34);2*1H. The number of hydrogen-bond donors (Lipinski definition) is 1. The predicted molar refractivity (Wildman–Crippen MR) is 153 cm³/mol. The molecule has 6 nitrogen and oxygen atoms in total. The Bertz CT molecular complexity index is 964. The molecule has 2 aliphatic heterocycles. The van der Waals surface area contributed by atoms with Gasteiger partial charge in [-0.1, -0.05) is 50.2 Å². The molecular weight excluding hydrogens is 507 g/mol. The van der Waals surface area contributed by atoms with Crippen molar-refractivity contribution in [3.05, 3.63) is 66.0 Å². The molecule has 1 spiro atoms. The first kappa shape index (κ1) is 31.1. The lowest BCUT2D eigenvalue weighted by atomic mass is 9.77. The normalized spacial score (nSPS) is 17.8. The van der Waals surface area contributed by atoms with Crippen LogP contribution in [0.15, 0.2) is 54.9 Å². The molecule has 2 fully saturated rings. The second kappa shape index (κ2) is 14.7. The van der Waals surface area contributed by atoms with Gasteiger partial charge in [-0.3, -0.25) is 14.6 Å². The molecule has 37 heavy (non-hydrogen) atoms. The van der Waals surface area contributed by atoms with Crippen LogP contribution in [0, 0.1) is 11.3 Å². The summed E-state index contributed by atoms with van der Waals surface area (Å²) in [5, 5.41) is 3.33. The Morgan fingerprint density at radius 1 is 1.00 bits per heavy atom. The number of piperidine rings is 1. The van der Waals surface area contributed by atoms with Crippen molar-refractivity contribution >= 4 is 36.6 Å². The van der Waals surface area contributed by atoms with Crippen LogP contribution >= 0.6 is 24.8 Å². The van der Waals surface area contributed by atoms with Crippen LogP contribution in [0.2, 0.25) is 0 Å². The molecule has 8 heteroatoms. The average molecular weight is 550 g/mol. The molecule has 2 aromatic rings. The number of rotatable bonds is 10. The van der Waals surface area contributed by atoms with Crippen LogP contribution in [0.3, 0.4) is 0 Å². The minimum Gasteiger partial charge on any atom is -0.349 e. The van der Waals surface area contributed by atoms with Gasteiger partial charge in [0.2, 0.25) is 11.8 Å². The summed E-state index contributed by atoms with van der Waals surface area (Å²) in [6, 6.07) is 14.3. The van der Waals surface area contributed by atoms with Gasteiger partial charge in [-0.25, -0.2) is 0 Å². The van der Waals surface area contributed by atoms with E-state index in [4.69, 9.17) is 0 Å². The number of aromatic nitrogens is 1. The molecule has 0 radical (unpaired) electrons. The van der Waals surface area contributed by atoms with Crippen molar-refractivity contribution in [3.63, 3.8) is 0 Å². The third kappa shape index (κ3) is 7.68. The zero-order chi connectivity index (χ0) is 24.7. The first-order valence-electron chi connectivity index (χ1n) is 13.3. The summed E-state index contributed by atoms with van der Waals surface area (Å²) in [7, 11) is 0. The van der Waals surface area contributed by atoms with Crippen LogP contribution in [-0.4, -0.2) is 52.8 Å². The molecule has 4 rings (SSSR count). The van der Waals surface area contributed by atoms with Gasteiger partial charge in [0.05, 0.1) is 11.5 Å². The van der Waals surface area contributed by atoms with Gasteiger partial charge in [-0.15, -0.1) is 24.8 Å². The maximum atomic E-state index is 13.3. The van der Waals surface area contributed by atoms with Crippen LogP contribution < -0.4 is 5.32 Å². The minimum atomic E-state index is -0.193. The summed E-state index contributed by atoms with van der Waals surface area (Å²) in [5.74, 6) is 0.548. The quantitative estimate of drug-likeness (QED) is 0.430. The summed E-state index contributed by atoms with van der Waals surface area (Å²) in [5.41, 5.74) is 2.07. The van der Waals surface area contributed by atoms with E-state index in [1.54, 1.807) is 6.20 Å². The van der Waals surface area contributed by atoms with Crippen LogP contribution in [0.1, 0.15) is 69.5 Å². The summed E-state index contributed by atoms with van der Waals surface area (Å²) in [6.07, 6.45) is 9.03. The smallest absolute Gasteiger partial charge is 0.229 e. The number of carbonyl (C=O) groups is 2. The van der Waals surface area contributed by atoms with Crippen molar-refractivity contribution in [1.29, 1.82) is 0 Å². The molecule has 1 atom stereocenters. The fourth-order valence-corrected chi connectivity index (χ4v) is 5.69. The van der Waals surface area contributed by atoms with Crippen molar-refractivity contribution in [3.8, 4) is 0 Å². The third-order valence-electron chi connectivity index (χ3n) is 8.12. The molecule has 0 bridgehead atoms. The molecule has 1 aromatic heterocycles. The Labute approximate surface area is 234 Å². The van der Waals surface area contributed by atoms with E-state index in [9.17, 15) is 9.59 Å². The predicted octanol–water partition coefficient (Wildman–Crippen LogP) is 5.42. The Morgan fingerprint density at radius 3 is 2.30 bits per heavy atom. The molecule has 0 aliphatic carbocycles. The van der Waals surface area contributed by atoms with E-state index >= 15 is 0 Å². The molecule has 2 amide bonds. The molecule has 2 saturated heterocycles. The number of benzene rings is 1. The number of hydrogen-bond acceptors (Lipinski definition) is 4. The van der Waals surface area contributed by atoms with Gasteiger partial charge in [0.1, 0.15) is 0 Å². The minimum absolute atomic E-state index is 0. The van der Waals surface area contributed by atoms with Crippen molar-refractivity contribution < 1.29 is 9.59 Å². The van der Waals surface area contributed by atoms with Crippen LogP contribution in [0.5, 0.6) is 0 Å². The third-order valence-corrected chi connectivity index (χ3v) is 8.12. The van der Waals surface area contributed by atoms with Crippen LogP contribution in [-0.2, 0) is 16.1 Å². The summed E-state index contributed by atoms with van der Waals surface area (Å²) >= 11 is 0. The van der Waals surface area contributed by atoms with Gasteiger partial charge in [0.15, 0.2) is 0 Å². The van der Waals surface area contributed by atoms with E-state index in [1.165, 1.54) is 0 Å². The fraction of sp³-hybridized carbons (Fsp3) is 0.552. The van der Waals surface area contributed by atoms with Gasteiger partial charge >= 0.3 is 0 Å². The van der Waals surface area contributed by atoms with Crippen molar-refractivity contribution in [1.82, 2.24) is 20.1 Å². The van der Waals surface area contributed by atoms with Gasteiger partial charge in [0.25, 0.3) is 0 Å². The monoisotopic (exact) mass is 548 g/mol. The second-order valence-electron chi connectivity index (χ2n) is 10.2. The lowest BCUT2D eigenvalue weighted by Crippen LogP contribution is -2.45. The maximum Gasteiger partial charge on any atom is 0.229 e. The fourth-order valence-electron chi connectivity index (χ4n) is 5.69. The molecule has 0 saturated carbocycles. The Hall–Kier alpha value is -2.15. The van der Waals surface area contributed by atoms with Crippen molar-refractivity contribution in [2.24, 2.45) is 11.3 Å². The highest BCUT2D eigenvalue weighted by atomic mass is 35.5. The molecule has 1 unspecified atom stereocenters. The molecule has 1 aromatic carbocycles. The van der Waals surface area contributed by atoms with Crippen molar-refractivity contribution in [2.75, 3.05) is 26.2 Å². The van der Waals surface area contributed by atoms with E-state index in [0.717, 1.165) is 75.8 Å². The highest BCUT2D eigenvalue weighted by Crippen LogP contribution is 2.42. The molecule has 2 aliphatic rings. The molecule has 204 valence electrons. The SMILES string of the molecule is CCC(CC)C(=O)NC(CCN1CCC2(CC1)CCN(Cc1cccnc1)C2=O)c1ccccc1.Cl.Cl. The Kier molecular flexibility index (Phi) is 12.3. The zero-order valence-electron chi connectivity index (χ0n) is 22.1. The van der Waals surface area contributed by atoms with Crippen LogP contribution in [0.4, 0.5) is 0 Å². The largest absolute Gasteiger partial charge is 0.349 e. The van der Waals surface area contributed by atoms with E-state index in [1.807, 2.05) is 41.4 Å². The number of pyridine rings is 1. The molecular formula is C29H42Cl2N4O2. The number of nitrogens with zero attached hydrogens (tertiary/aromatic N) is 3. The highest BCUT2D eigenvalue weighted by molar-refractivity contribution is 5.86. The van der Waals surface area contributed by atoms with Gasteiger partial charge < -0.3 is 15.1 Å². The van der Waals surface area contributed by atoms with E-state index < -0.39 is 0 Å². The van der Waals surface area contributed by atoms with E-state index in [0.29, 0.717) is 12.5 Å². The number of nitrogens with one attached hydrogen (secondary N) is 1. The Balaban J connectivity index is 0.00000241. The summed E-state index contributed by atoms with van der Waals surface area (Å²) < 4.78 is 0. The topological polar surface area (TPSA) is 65.5 Å². The van der Waals surface area contributed by atoms with Gasteiger partial charge in [-0.2, -0.15) is 0 Å². The number of amides is 2. The number of likely N-dealkylation sites (tertiary alicyclic amines) is 2. The molecule has 1 N–H and O–H groups in total. The van der Waals surface area contributed by atoms with Gasteiger partial charge in [0, 0.05) is 37.9 Å². The van der Waals surface area contributed by atoms with Crippen molar-refractivity contribution in [2.45, 2.75) is 65.0 Å². The number of halogens is 2. The van der Waals surface area contributed by atoms with E-state index in [2.05, 4.69) is 41.2 Å². The average Bonchev–Trinajstić information content (AvgIpc) is 3.19. The first-order chi connectivity index (χ1) is 17.0. The lowest BCUT2D eigenvalue weighted by Gasteiger charge is -2.38. The Morgan fingerprint density at radius 2 is 1.68 bits per heavy atom. The van der Waals surface area contributed by atoms with Gasteiger partial charge in [-0.05, 0) is 68.8 Å². The lowest BCUT2D eigenvalue weighted by molar-refractivity contribution is -0.139. The second-order valence-corrected chi connectivity index (χ2v) is 10.2. The highest BCUT2D eigenvalue weighted by Gasteiger charge is 2.47. The van der Waals surface area contributed by atoms with E-state index in [-0.39, 0.29) is 48.1 Å². The number of carbonyl (C=O) groups excluding carboxylic acids is 2. The summed E-state index contributed by atoms with van der Waals surface area (Å²) in [4.78, 5) is 34.8. The summed E-state index contributed by atoms with van der Waals surface area (Å²) in [6.45, 7) is 8.46. The first-order valence-corrected chi connectivity index (χ1v) is 13.3. The molecule has 3 heterocycles. The zero-order valence-corrected chi connectivity index (χ0v) is 23.7.